The van der Waals surface area contributed by atoms with Crippen molar-refractivity contribution >= 4 is 11.9 Å². The van der Waals surface area contributed by atoms with Crippen molar-refractivity contribution in [1.82, 2.24) is 4.90 Å². The van der Waals surface area contributed by atoms with Gasteiger partial charge in [-0.15, -0.1) is 0 Å². The lowest BCUT2D eigenvalue weighted by molar-refractivity contribution is -0.189. The van der Waals surface area contributed by atoms with Gasteiger partial charge in [-0.3, -0.25) is 4.79 Å². The summed E-state index contributed by atoms with van der Waals surface area (Å²) >= 11 is 0. The summed E-state index contributed by atoms with van der Waals surface area (Å²) in [5, 5.41) is 0. The van der Waals surface area contributed by atoms with Crippen molar-refractivity contribution in [2.45, 2.75) is 32.9 Å². The highest BCUT2D eigenvalue weighted by Gasteiger charge is 2.32. The Balaban J connectivity index is 2.69. The molecule has 0 saturated carbocycles. The van der Waals surface area contributed by atoms with Crippen LogP contribution >= 0.6 is 0 Å². The molecule has 0 aromatic heterocycles. The Labute approximate surface area is 127 Å². The normalized spacial score (nSPS) is 14.7. The lowest BCUT2D eigenvalue weighted by Gasteiger charge is -2.25. The van der Waals surface area contributed by atoms with E-state index in [1.54, 1.807) is 0 Å². The number of amides is 1. The fourth-order valence-corrected chi connectivity index (χ4v) is 2.00. The van der Waals surface area contributed by atoms with Crippen molar-refractivity contribution < 1.29 is 27.5 Å². The standard InChI is InChI=1S/C15H20F3NO3/c1-11(2)8-19(9-12-6-4-3-5-7-12)13(20)14(21)22-10-15(16,17)18/h4,6-7,11H,3,5,8-10H2,1-2H3. The van der Waals surface area contributed by atoms with E-state index in [0.29, 0.717) is 0 Å². The molecule has 0 aromatic rings. The van der Waals surface area contributed by atoms with E-state index in [1.165, 1.54) is 4.90 Å². The molecule has 0 aliphatic heterocycles. The van der Waals surface area contributed by atoms with E-state index in [4.69, 9.17) is 0 Å². The molecule has 0 spiro atoms. The van der Waals surface area contributed by atoms with Crippen molar-refractivity contribution in [2.75, 3.05) is 19.7 Å². The summed E-state index contributed by atoms with van der Waals surface area (Å²) in [5.74, 6) is -2.44. The van der Waals surface area contributed by atoms with Crippen molar-refractivity contribution in [3.05, 3.63) is 23.8 Å². The van der Waals surface area contributed by atoms with Gasteiger partial charge in [-0.05, 0) is 24.3 Å². The summed E-state index contributed by atoms with van der Waals surface area (Å²) < 4.78 is 40.2. The van der Waals surface area contributed by atoms with E-state index in [1.807, 2.05) is 32.1 Å². The van der Waals surface area contributed by atoms with Crippen LogP contribution in [0.5, 0.6) is 0 Å². The zero-order chi connectivity index (χ0) is 16.8. The van der Waals surface area contributed by atoms with Crippen LogP contribution in [0.4, 0.5) is 13.2 Å². The highest BCUT2D eigenvalue weighted by molar-refractivity contribution is 6.32. The Morgan fingerprint density at radius 1 is 1.32 bits per heavy atom. The Morgan fingerprint density at radius 2 is 2.00 bits per heavy atom. The van der Waals surface area contributed by atoms with E-state index in [0.717, 1.165) is 18.4 Å². The molecule has 7 heteroatoms. The lowest BCUT2D eigenvalue weighted by atomic mass is 10.1. The van der Waals surface area contributed by atoms with Crippen LogP contribution in [0.15, 0.2) is 23.8 Å². The number of esters is 1. The fraction of sp³-hybridized carbons (Fsp3) is 0.600. The Hall–Kier alpha value is -1.79. The van der Waals surface area contributed by atoms with Crippen LogP contribution in [0.3, 0.4) is 0 Å². The fourth-order valence-electron chi connectivity index (χ4n) is 2.00. The van der Waals surface area contributed by atoms with Gasteiger partial charge in [0.15, 0.2) is 6.61 Å². The zero-order valence-electron chi connectivity index (χ0n) is 12.7. The number of carbonyl (C=O) groups is 2. The first kappa shape index (κ1) is 18.3. The summed E-state index contributed by atoms with van der Waals surface area (Å²) in [6.45, 7) is 2.41. The summed E-state index contributed by atoms with van der Waals surface area (Å²) in [6.07, 6.45) is 2.86. The predicted octanol–water partition coefficient (Wildman–Crippen LogP) is 2.85. The molecular formula is C15H20F3NO3. The summed E-state index contributed by atoms with van der Waals surface area (Å²) in [5.41, 5.74) is 0.865. The molecule has 0 atom stereocenters. The molecule has 0 unspecified atom stereocenters. The van der Waals surface area contributed by atoms with Crippen molar-refractivity contribution in [1.29, 1.82) is 0 Å². The molecule has 1 rings (SSSR count). The summed E-state index contributed by atoms with van der Waals surface area (Å²) in [4.78, 5) is 24.7. The molecular weight excluding hydrogens is 299 g/mol. The number of nitrogens with zero attached hydrogens (tertiary/aromatic N) is 1. The van der Waals surface area contributed by atoms with Gasteiger partial charge in [0.05, 0.1) is 0 Å². The van der Waals surface area contributed by atoms with Crippen LogP contribution in [0, 0.1) is 5.92 Å². The van der Waals surface area contributed by atoms with Gasteiger partial charge in [-0.1, -0.05) is 32.1 Å². The molecule has 0 N–H and O–H groups in total. The Kier molecular flexibility index (Phi) is 6.64. The molecule has 0 heterocycles. The van der Waals surface area contributed by atoms with Gasteiger partial charge in [0, 0.05) is 13.1 Å². The van der Waals surface area contributed by atoms with E-state index in [2.05, 4.69) is 4.74 Å². The molecule has 0 bridgehead atoms. The first-order valence-electron chi connectivity index (χ1n) is 7.07. The van der Waals surface area contributed by atoms with Gasteiger partial charge in [0.25, 0.3) is 0 Å². The van der Waals surface area contributed by atoms with E-state index in [-0.39, 0.29) is 19.0 Å². The molecule has 1 aliphatic rings. The van der Waals surface area contributed by atoms with E-state index >= 15 is 0 Å². The van der Waals surface area contributed by atoms with Crippen molar-refractivity contribution in [3.8, 4) is 0 Å². The van der Waals surface area contributed by atoms with Gasteiger partial charge in [-0.2, -0.15) is 13.2 Å². The molecule has 124 valence electrons. The van der Waals surface area contributed by atoms with Crippen LogP contribution in [-0.2, 0) is 14.3 Å². The maximum Gasteiger partial charge on any atom is 0.422 e. The highest BCUT2D eigenvalue weighted by atomic mass is 19.4. The topological polar surface area (TPSA) is 46.6 Å². The average molecular weight is 319 g/mol. The third-order valence-corrected chi connectivity index (χ3v) is 2.86. The molecule has 22 heavy (non-hydrogen) atoms. The number of halogens is 3. The second kappa shape index (κ2) is 8.00. The monoisotopic (exact) mass is 319 g/mol. The van der Waals surface area contributed by atoms with Gasteiger partial charge in [0.1, 0.15) is 0 Å². The zero-order valence-corrected chi connectivity index (χ0v) is 12.7. The number of alkyl halides is 3. The third-order valence-electron chi connectivity index (χ3n) is 2.86. The first-order chi connectivity index (χ1) is 10.2. The number of allylic oxidation sites excluding steroid dienone is 2. The van der Waals surface area contributed by atoms with Gasteiger partial charge in [0.2, 0.25) is 0 Å². The van der Waals surface area contributed by atoms with Crippen LogP contribution in [-0.4, -0.2) is 42.6 Å². The molecule has 0 aromatic carbocycles. The molecule has 4 nitrogen and oxygen atoms in total. The number of ether oxygens (including phenoxy) is 1. The largest absolute Gasteiger partial charge is 0.449 e. The maximum atomic E-state index is 12.0. The smallest absolute Gasteiger partial charge is 0.422 e. The van der Waals surface area contributed by atoms with Gasteiger partial charge in [-0.25, -0.2) is 4.79 Å². The predicted molar refractivity (Wildman–Crippen MR) is 74.9 cm³/mol. The number of rotatable bonds is 5. The summed E-state index contributed by atoms with van der Waals surface area (Å²) in [6, 6.07) is 0. The maximum absolute atomic E-state index is 12.0. The quantitative estimate of drug-likeness (QED) is 0.578. The third kappa shape index (κ3) is 6.78. The van der Waals surface area contributed by atoms with E-state index in [9.17, 15) is 22.8 Å². The molecule has 0 radical (unpaired) electrons. The molecule has 1 amide bonds. The second-order valence-electron chi connectivity index (χ2n) is 5.53. The highest BCUT2D eigenvalue weighted by Crippen LogP contribution is 2.16. The minimum absolute atomic E-state index is 0.0764. The van der Waals surface area contributed by atoms with Crippen LogP contribution in [0.25, 0.3) is 0 Å². The second-order valence-corrected chi connectivity index (χ2v) is 5.53. The van der Waals surface area contributed by atoms with E-state index < -0.39 is 24.7 Å². The Morgan fingerprint density at radius 3 is 2.50 bits per heavy atom. The van der Waals surface area contributed by atoms with Crippen LogP contribution < -0.4 is 0 Å². The SMILES string of the molecule is CC(C)CN(CC1=CCCC=C1)C(=O)C(=O)OCC(F)(F)F. The van der Waals surface area contributed by atoms with Gasteiger partial charge < -0.3 is 9.64 Å². The average Bonchev–Trinajstić information content (AvgIpc) is 2.43. The minimum atomic E-state index is -4.65. The number of hydrogen-bond acceptors (Lipinski definition) is 3. The summed E-state index contributed by atoms with van der Waals surface area (Å²) in [7, 11) is 0. The first-order valence-corrected chi connectivity index (χ1v) is 7.07. The van der Waals surface area contributed by atoms with Crippen molar-refractivity contribution in [3.63, 3.8) is 0 Å². The molecule has 0 fully saturated rings. The molecule has 0 saturated heterocycles. The van der Waals surface area contributed by atoms with Crippen LogP contribution in [0.2, 0.25) is 0 Å². The van der Waals surface area contributed by atoms with Crippen LogP contribution in [0.1, 0.15) is 26.7 Å². The Bertz CT molecular complexity index is 467. The minimum Gasteiger partial charge on any atom is -0.449 e. The van der Waals surface area contributed by atoms with Crippen molar-refractivity contribution in [2.24, 2.45) is 5.92 Å². The molecule has 1 aliphatic carbocycles. The number of hydrogen-bond donors (Lipinski definition) is 0. The number of carbonyl (C=O) groups excluding carboxylic acids is 2. The lowest BCUT2D eigenvalue weighted by Crippen LogP contribution is -2.41. The van der Waals surface area contributed by atoms with Gasteiger partial charge >= 0.3 is 18.1 Å².